The van der Waals surface area contributed by atoms with Crippen LogP contribution in [0.1, 0.15) is 44.7 Å². The van der Waals surface area contributed by atoms with E-state index < -0.39 is 0 Å². The largest absolute Gasteiger partial charge is 0.373 e. The lowest BCUT2D eigenvalue weighted by atomic mass is 9.99. The normalized spacial score (nSPS) is 24.6. The highest BCUT2D eigenvalue weighted by Crippen LogP contribution is 2.34. The molecule has 1 N–H and O–H groups in total. The molecule has 1 fully saturated rings. The topological polar surface area (TPSA) is 21.3 Å². The molecule has 0 bridgehead atoms. The van der Waals surface area contributed by atoms with Gasteiger partial charge in [-0.2, -0.15) is 0 Å². The molecular weight excluding hydrogens is 281 g/mol. The SMILES string of the molecule is CCCNC(c1cc(Cl)ccc1Cl)C1CCC(C)O1. The summed E-state index contributed by atoms with van der Waals surface area (Å²) >= 11 is 12.4. The molecule has 106 valence electrons. The maximum absolute atomic E-state index is 6.33. The molecule has 1 aliphatic heterocycles. The predicted octanol–water partition coefficient (Wildman–Crippen LogP) is 4.60. The van der Waals surface area contributed by atoms with Gasteiger partial charge in [-0.15, -0.1) is 0 Å². The lowest BCUT2D eigenvalue weighted by molar-refractivity contribution is 0.0316. The highest BCUT2D eigenvalue weighted by atomic mass is 35.5. The van der Waals surface area contributed by atoms with E-state index in [1.54, 1.807) is 0 Å². The monoisotopic (exact) mass is 301 g/mol. The quantitative estimate of drug-likeness (QED) is 0.858. The van der Waals surface area contributed by atoms with Crippen LogP contribution in [0.2, 0.25) is 10.0 Å². The van der Waals surface area contributed by atoms with Crippen molar-refractivity contribution in [2.45, 2.75) is 51.4 Å². The molecule has 0 radical (unpaired) electrons. The number of hydrogen-bond donors (Lipinski definition) is 1. The van der Waals surface area contributed by atoms with Crippen LogP contribution in [0, 0.1) is 0 Å². The first-order chi connectivity index (χ1) is 9.11. The average molecular weight is 302 g/mol. The molecule has 2 nitrogen and oxygen atoms in total. The highest BCUT2D eigenvalue weighted by molar-refractivity contribution is 6.33. The van der Waals surface area contributed by atoms with Gasteiger partial charge in [0.1, 0.15) is 0 Å². The summed E-state index contributed by atoms with van der Waals surface area (Å²) in [6.45, 7) is 5.22. The van der Waals surface area contributed by atoms with Crippen molar-refractivity contribution in [1.29, 1.82) is 0 Å². The first-order valence-corrected chi connectivity index (χ1v) is 7.71. The Morgan fingerprint density at radius 3 is 2.79 bits per heavy atom. The van der Waals surface area contributed by atoms with Gasteiger partial charge in [-0.1, -0.05) is 30.1 Å². The Morgan fingerprint density at radius 2 is 2.16 bits per heavy atom. The van der Waals surface area contributed by atoms with E-state index in [4.69, 9.17) is 27.9 Å². The van der Waals surface area contributed by atoms with E-state index in [2.05, 4.69) is 19.2 Å². The number of nitrogens with one attached hydrogen (secondary N) is 1. The molecule has 1 aromatic carbocycles. The maximum Gasteiger partial charge on any atom is 0.0774 e. The third-order valence-corrected chi connectivity index (χ3v) is 4.12. The molecule has 1 aromatic rings. The third kappa shape index (κ3) is 3.85. The second-order valence-electron chi connectivity index (χ2n) is 5.16. The van der Waals surface area contributed by atoms with Crippen molar-refractivity contribution in [3.8, 4) is 0 Å². The van der Waals surface area contributed by atoms with Gasteiger partial charge in [0.05, 0.1) is 18.2 Å². The van der Waals surface area contributed by atoms with Crippen LogP contribution in [0.25, 0.3) is 0 Å². The molecule has 1 aliphatic rings. The molecule has 1 saturated heterocycles. The van der Waals surface area contributed by atoms with E-state index in [0.29, 0.717) is 11.1 Å². The minimum Gasteiger partial charge on any atom is -0.373 e. The Labute approximate surface area is 125 Å². The van der Waals surface area contributed by atoms with Gasteiger partial charge in [0.2, 0.25) is 0 Å². The summed E-state index contributed by atoms with van der Waals surface area (Å²) in [4.78, 5) is 0. The Balaban J connectivity index is 2.23. The molecule has 1 heterocycles. The summed E-state index contributed by atoms with van der Waals surface area (Å²) in [6.07, 6.45) is 3.75. The Hall–Kier alpha value is -0.280. The van der Waals surface area contributed by atoms with Gasteiger partial charge in [-0.25, -0.2) is 0 Å². The summed E-state index contributed by atoms with van der Waals surface area (Å²) in [7, 11) is 0. The molecule has 0 aromatic heterocycles. The van der Waals surface area contributed by atoms with Crippen LogP contribution < -0.4 is 5.32 Å². The van der Waals surface area contributed by atoms with Gasteiger partial charge in [0, 0.05) is 10.0 Å². The average Bonchev–Trinajstić information content (AvgIpc) is 2.80. The van der Waals surface area contributed by atoms with Crippen molar-refractivity contribution < 1.29 is 4.74 Å². The molecule has 3 unspecified atom stereocenters. The Bertz CT molecular complexity index is 425. The summed E-state index contributed by atoms with van der Waals surface area (Å²) < 4.78 is 6.01. The van der Waals surface area contributed by atoms with Crippen molar-refractivity contribution in [3.63, 3.8) is 0 Å². The molecule has 19 heavy (non-hydrogen) atoms. The lowest BCUT2D eigenvalue weighted by Gasteiger charge is -2.26. The van der Waals surface area contributed by atoms with E-state index in [-0.39, 0.29) is 12.1 Å². The van der Waals surface area contributed by atoms with Gasteiger partial charge in [0.15, 0.2) is 0 Å². The van der Waals surface area contributed by atoms with Crippen molar-refractivity contribution >= 4 is 23.2 Å². The predicted molar refractivity (Wildman–Crippen MR) is 81.1 cm³/mol. The third-order valence-electron chi connectivity index (χ3n) is 3.54. The summed E-state index contributed by atoms with van der Waals surface area (Å²) in [5.74, 6) is 0. The Kier molecular flexibility index (Phi) is 5.52. The van der Waals surface area contributed by atoms with Crippen LogP contribution >= 0.6 is 23.2 Å². The molecule has 0 amide bonds. The number of hydrogen-bond acceptors (Lipinski definition) is 2. The maximum atomic E-state index is 6.33. The van der Waals surface area contributed by atoms with Crippen molar-refractivity contribution in [3.05, 3.63) is 33.8 Å². The number of ether oxygens (including phenoxy) is 1. The fourth-order valence-corrected chi connectivity index (χ4v) is 2.99. The molecule has 0 aliphatic carbocycles. The van der Waals surface area contributed by atoms with Crippen LogP contribution in [0.5, 0.6) is 0 Å². The van der Waals surface area contributed by atoms with Crippen molar-refractivity contribution in [2.24, 2.45) is 0 Å². The van der Waals surface area contributed by atoms with Gasteiger partial charge in [-0.3, -0.25) is 0 Å². The van der Waals surface area contributed by atoms with E-state index in [1.165, 1.54) is 0 Å². The van der Waals surface area contributed by atoms with Gasteiger partial charge < -0.3 is 10.1 Å². The van der Waals surface area contributed by atoms with Gasteiger partial charge in [-0.05, 0) is 56.5 Å². The fraction of sp³-hybridized carbons (Fsp3) is 0.600. The first kappa shape index (κ1) is 15.1. The second kappa shape index (κ2) is 6.94. The van der Waals surface area contributed by atoms with Crippen LogP contribution in [-0.2, 0) is 4.74 Å². The van der Waals surface area contributed by atoms with E-state index in [0.717, 1.165) is 36.4 Å². The van der Waals surface area contributed by atoms with Crippen molar-refractivity contribution in [2.75, 3.05) is 6.54 Å². The van der Waals surface area contributed by atoms with E-state index >= 15 is 0 Å². The molecule has 2 rings (SSSR count). The summed E-state index contributed by atoms with van der Waals surface area (Å²) in [6, 6.07) is 5.75. The number of rotatable bonds is 5. The summed E-state index contributed by atoms with van der Waals surface area (Å²) in [5.41, 5.74) is 1.04. The second-order valence-corrected chi connectivity index (χ2v) is 6.00. The van der Waals surface area contributed by atoms with Gasteiger partial charge >= 0.3 is 0 Å². The van der Waals surface area contributed by atoms with Crippen LogP contribution in [0.3, 0.4) is 0 Å². The first-order valence-electron chi connectivity index (χ1n) is 6.95. The molecule has 3 atom stereocenters. The van der Waals surface area contributed by atoms with E-state index in [9.17, 15) is 0 Å². The molecule has 4 heteroatoms. The number of halogens is 2. The fourth-order valence-electron chi connectivity index (χ4n) is 2.57. The molecule has 0 spiro atoms. The smallest absolute Gasteiger partial charge is 0.0774 e. The molecule has 0 saturated carbocycles. The van der Waals surface area contributed by atoms with Crippen LogP contribution in [0.15, 0.2) is 18.2 Å². The van der Waals surface area contributed by atoms with Crippen LogP contribution in [-0.4, -0.2) is 18.8 Å². The van der Waals surface area contributed by atoms with Gasteiger partial charge in [0.25, 0.3) is 0 Å². The minimum atomic E-state index is 0.121. The minimum absolute atomic E-state index is 0.121. The Morgan fingerprint density at radius 1 is 1.37 bits per heavy atom. The van der Waals surface area contributed by atoms with Crippen molar-refractivity contribution in [1.82, 2.24) is 5.32 Å². The lowest BCUT2D eigenvalue weighted by Crippen LogP contribution is -2.33. The zero-order valence-corrected chi connectivity index (χ0v) is 13.0. The number of benzene rings is 1. The zero-order valence-electron chi connectivity index (χ0n) is 11.5. The van der Waals surface area contributed by atoms with E-state index in [1.807, 2.05) is 18.2 Å². The molecular formula is C15H21Cl2NO. The highest BCUT2D eigenvalue weighted by Gasteiger charge is 2.31. The zero-order chi connectivity index (χ0) is 13.8. The standard InChI is InChI=1S/C15H21Cl2NO/c1-3-8-18-15(14-7-4-10(2)19-14)12-9-11(16)5-6-13(12)17/h5-6,9-10,14-15,18H,3-4,7-8H2,1-2H3. The van der Waals surface area contributed by atoms with Crippen LogP contribution in [0.4, 0.5) is 0 Å². The summed E-state index contributed by atoms with van der Waals surface area (Å²) in [5, 5.41) is 5.02.